The Morgan fingerprint density at radius 3 is 1.56 bits per heavy atom. The highest BCUT2D eigenvalue weighted by molar-refractivity contribution is 6.18. The number of alkyl halides is 2. The van der Waals surface area contributed by atoms with E-state index in [0.29, 0.717) is 25.0 Å². The number of hydrogen-bond donors (Lipinski definition) is 0. The maximum absolute atomic E-state index is 5.70. The van der Waals surface area contributed by atoms with Crippen LogP contribution in [-0.2, 0) is 18.9 Å². The lowest BCUT2D eigenvalue weighted by Crippen LogP contribution is -2.14. The fraction of sp³-hybridized carbons (Fsp3) is 1.00. The standard InChI is InChI=1S/C12H20Cl2O4/c13-5-9-7-15-11(17-9)3-1-2-4-12-16-8-10(6-14)18-12/h9-12H,1-8H2. The molecule has 0 aromatic carbocycles. The molecule has 0 spiro atoms. The quantitative estimate of drug-likeness (QED) is 0.535. The summed E-state index contributed by atoms with van der Waals surface area (Å²) < 4.78 is 22.1. The summed E-state index contributed by atoms with van der Waals surface area (Å²) in [5, 5.41) is 0. The molecule has 106 valence electrons. The molecular weight excluding hydrogens is 279 g/mol. The molecule has 2 saturated heterocycles. The van der Waals surface area contributed by atoms with Crippen LogP contribution in [0.2, 0.25) is 0 Å². The third kappa shape index (κ3) is 4.51. The number of ether oxygens (including phenoxy) is 4. The van der Waals surface area contributed by atoms with E-state index in [1.165, 1.54) is 0 Å². The second-order valence-corrected chi connectivity index (χ2v) is 5.25. The average Bonchev–Trinajstić information content (AvgIpc) is 3.03. The van der Waals surface area contributed by atoms with Crippen LogP contribution >= 0.6 is 23.2 Å². The highest BCUT2D eigenvalue weighted by Crippen LogP contribution is 2.21. The molecule has 0 aromatic heterocycles. The Kier molecular flexibility index (Phi) is 6.49. The zero-order valence-electron chi connectivity index (χ0n) is 10.4. The van der Waals surface area contributed by atoms with E-state index in [1.807, 2.05) is 0 Å². The van der Waals surface area contributed by atoms with Crippen molar-refractivity contribution in [2.75, 3.05) is 25.0 Å². The van der Waals surface area contributed by atoms with Crippen molar-refractivity contribution in [2.45, 2.75) is 50.5 Å². The van der Waals surface area contributed by atoms with Crippen LogP contribution < -0.4 is 0 Å². The van der Waals surface area contributed by atoms with Crippen molar-refractivity contribution >= 4 is 23.2 Å². The smallest absolute Gasteiger partial charge is 0.158 e. The van der Waals surface area contributed by atoms with Gasteiger partial charge in [-0.2, -0.15) is 0 Å². The molecule has 0 saturated carbocycles. The molecule has 2 aliphatic rings. The summed E-state index contributed by atoms with van der Waals surface area (Å²) in [5.41, 5.74) is 0. The molecule has 2 aliphatic heterocycles. The molecule has 2 rings (SSSR count). The topological polar surface area (TPSA) is 36.9 Å². The van der Waals surface area contributed by atoms with E-state index in [4.69, 9.17) is 42.1 Å². The van der Waals surface area contributed by atoms with Gasteiger partial charge in [0.15, 0.2) is 12.6 Å². The summed E-state index contributed by atoms with van der Waals surface area (Å²) in [7, 11) is 0. The van der Waals surface area contributed by atoms with Crippen LogP contribution in [0, 0.1) is 0 Å². The maximum atomic E-state index is 5.70. The molecule has 0 N–H and O–H groups in total. The minimum absolute atomic E-state index is 0.0580. The fourth-order valence-corrected chi connectivity index (χ4v) is 2.43. The molecule has 4 unspecified atom stereocenters. The largest absolute Gasteiger partial charge is 0.350 e. The van der Waals surface area contributed by atoms with Gasteiger partial charge in [0.2, 0.25) is 0 Å². The molecule has 2 heterocycles. The van der Waals surface area contributed by atoms with Gasteiger partial charge in [-0.05, 0) is 25.7 Å². The molecule has 6 heteroatoms. The van der Waals surface area contributed by atoms with Crippen LogP contribution in [0.15, 0.2) is 0 Å². The first kappa shape index (κ1) is 14.8. The first-order valence-corrected chi connectivity index (χ1v) is 7.54. The van der Waals surface area contributed by atoms with E-state index in [0.717, 1.165) is 25.7 Å². The Morgan fingerprint density at radius 2 is 1.22 bits per heavy atom. The second kappa shape index (κ2) is 7.88. The third-order valence-corrected chi connectivity index (χ3v) is 3.79. The van der Waals surface area contributed by atoms with Crippen molar-refractivity contribution in [1.82, 2.24) is 0 Å². The van der Waals surface area contributed by atoms with Crippen LogP contribution in [0.3, 0.4) is 0 Å². The van der Waals surface area contributed by atoms with Crippen LogP contribution in [0.4, 0.5) is 0 Å². The lowest BCUT2D eigenvalue weighted by Gasteiger charge is -2.12. The van der Waals surface area contributed by atoms with Gasteiger partial charge in [0.25, 0.3) is 0 Å². The van der Waals surface area contributed by atoms with E-state index in [9.17, 15) is 0 Å². The normalized spacial score (nSPS) is 36.3. The van der Waals surface area contributed by atoms with Crippen LogP contribution in [0.25, 0.3) is 0 Å². The maximum Gasteiger partial charge on any atom is 0.158 e. The summed E-state index contributed by atoms with van der Waals surface area (Å²) in [6.07, 6.45) is 3.82. The minimum Gasteiger partial charge on any atom is -0.350 e. The summed E-state index contributed by atoms with van der Waals surface area (Å²) in [5.74, 6) is 1.00. The molecule has 18 heavy (non-hydrogen) atoms. The molecule has 4 atom stereocenters. The lowest BCUT2D eigenvalue weighted by atomic mass is 10.2. The first-order valence-electron chi connectivity index (χ1n) is 6.48. The van der Waals surface area contributed by atoms with E-state index >= 15 is 0 Å². The summed E-state index contributed by atoms with van der Waals surface area (Å²) >= 11 is 11.4. The van der Waals surface area contributed by atoms with Crippen molar-refractivity contribution in [1.29, 1.82) is 0 Å². The van der Waals surface area contributed by atoms with Crippen LogP contribution in [-0.4, -0.2) is 49.8 Å². The zero-order chi connectivity index (χ0) is 12.8. The molecule has 0 bridgehead atoms. The Labute approximate surface area is 118 Å². The SMILES string of the molecule is ClCC1COC(CCCCC2OCC(CCl)O2)O1. The molecule has 0 amide bonds. The zero-order valence-corrected chi connectivity index (χ0v) is 11.9. The molecule has 0 aromatic rings. The van der Waals surface area contributed by atoms with Crippen molar-refractivity contribution in [3.8, 4) is 0 Å². The van der Waals surface area contributed by atoms with Gasteiger partial charge in [0.05, 0.1) is 37.2 Å². The Bertz CT molecular complexity index is 218. The van der Waals surface area contributed by atoms with Gasteiger partial charge in [-0.3, -0.25) is 0 Å². The van der Waals surface area contributed by atoms with Gasteiger partial charge in [0.1, 0.15) is 0 Å². The Morgan fingerprint density at radius 1 is 0.778 bits per heavy atom. The van der Waals surface area contributed by atoms with Gasteiger partial charge in [-0.15, -0.1) is 23.2 Å². The number of unbranched alkanes of at least 4 members (excludes halogenated alkanes) is 1. The van der Waals surface area contributed by atoms with Crippen molar-refractivity contribution in [3.05, 3.63) is 0 Å². The Balaban J connectivity index is 1.49. The van der Waals surface area contributed by atoms with Gasteiger partial charge >= 0.3 is 0 Å². The van der Waals surface area contributed by atoms with Gasteiger partial charge in [-0.1, -0.05) is 0 Å². The predicted molar refractivity (Wildman–Crippen MR) is 69.1 cm³/mol. The molecule has 2 fully saturated rings. The monoisotopic (exact) mass is 298 g/mol. The minimum atomic E-state index is -0.0882. The average molecular weight is 299 g/mol. The predicted octanol–water partition coefficient (Wildman–Crippen LogP) is 2.51. The van der Waals surface area contributed by atoms with Crippen molar-refractivity contribution in [2.24, 2.45) is 0 Å². The van der Waals surface area contributed by atoms with Gasteiger partial charge in [-0.25, -0.2) is 0 Å². The molecular formula is C12H20Cl2O4. The molecule has 4 nitrogen and oxygen atoms in total. The summed E-state index contributed by atoms with van der Waals surface area (Å²) in [6.45, 7) is 1.22. The van der Waals surface area contributed by atoms with Crippen LogP contribution in [0.5, 0.6) is 0 Å². The van der Waals surface area contributed by atoms with Crippen molar-refractivity contribution in [3.63, 3.8) is 0 Å². The van der Waals surface area contributed by atoms with Gasteiger partial charge in [0, 0.05) is 0 Å². The molecule has 0 aliphatic carbocycles. The molecule has 0 radical (unpaired) electrons. The third-order valence-electron chi connectivity index (χ3n) is 3.10. The lowest BCUT2D eigenvalue weighted by molar-refractivity contribution is -0.0695. The van der Waals surface area contributed by atoms with Crippen molar-refractivity contribution < 1.29 is 18.9 Å². The number of rotatable bonds is 7. The Hall–Kier alpha value is 0.420. The summed E-state index contributed by atoms with van der Waals surface area (Å²) in [4.78, 5) is 0. The van der Waals surface area contributed by atoms with E-state index < -0.39 is 0 Å². The highest BCUT2D eigenvalue weighted by Gasteiger charge is 2.26. The number of halogens is 2. The van der Waals surface area contributed by atoms with E-state index in [2.05, 4.69) is 0 Å². The number of hydrogen-bond acceptors (Lipinski definition) is 4. The van der Waals surface area contributed by atoms with Crippen LogP contribution in [0.1, 0.15) is 25.7 Å². The summed E-state index contributed by atoms with van der Waals surface area (Å²) in [6, 6.07) is 0. The first-order chi connectivity index (χ1) is 8.81. The highest BCUT2D eigenvalue weighted by atomic mass is 35.5. The fourth-order valence-electron chi connectivity index (χ4n) is 2.10. The van der Waals surface area contributed by atoms with E-state index in [-0.39, 0.29) is 24.8 Å². The van der Waals surface area contributed by atoms with Gasteiger partial charge < -0.3 is 18.9 Å². The second-order valence-electron chi connectivity index (χ2n) is 4.64. The van der Waals surface area contributed by atoms with E-state index in [1.54, 1.807) is 0 Å².